The minimum Gasteiger partial charge on any atom is -0.350 e. The summed E-state index contributed by atoms with van der Waals surface area (Å²) in [6, 6.07) is 12.4. The van der Waals surface area contributed by atoms with Crippen molar-refractivity contribution in [2.75, 3.05) is 13.1 Å². The summed E-state index contributed by atoms with van der Waals surface area (Å²) in [5.74, 6) is -1.60. The molecule has 3 aromatic rings. The predicted octanol–water partition coefficient (Wildman–Crippen LogP) is 3.32. The molecule has 0 aliphatic carbocycles. The van der Waals surface area contributed by atoms with Crippen LogP contribution in [0.4, 0.5) is 4.39 Å². The zero-order valence-electron chi connectivity index (χ0n) is 17.8. The number of H-pyrrole nitrogens is 1. The molecular weight excluding hydrogens is 427 g/mol. The molecule has 1 aromatic heterocycles. The number of likely N-dealkylation sites (tertiary alicyclic amines) is 1. The summed E-state index contributed by atoms with van der Waals surface area (Å²) in [5.41, 5.74) is 6.30. The first-order valence-corrected chi connectivity index (χ1v) is 10.7. The van der Waals surface area contributed by atoms with Crippen LogP contribution in [0.5, 0.6) is 0 Å². The summed E-state index contributed by atoms with van der Waals surface area (Å²) in [5, 5.41) is 18.7. The number of carbonyl (C=O) groups is 2. The normalized spacial score (nSPS) is 16.9. The first-order valence-electron chi connectivity index (χ1n) is 10.7. The van der Waals surface area contributed by atoms with Gasteiger partial charge in [-0.1, -0.05) is 30.3 Å². The Bertz CT molecular complexity index is 1210. The van der Waals surface area contributed by atoms with Crippen molar-refractivity contribution < 1.29 is 24.4 Å². The van der Waals surface area contributed by atoms with Gasteiger partial charge >= 0.3 is 0 Å². The second-order valence-corrected chi connectivity index (χ2v) is 8.13. The van der Waals surface area contributed by atoms with Crippen molar-refractivity contribution in [2.45, 2.75) is 25.3 Å². The summed E-state index contributed by atoms with van der Waals surface area (Å²) in [4.78, 5) is 28.7. The van der Waals surface area contributed by atoms with Gasteiger partial charge in [0.1, 0.15) is 11.5 Å². The molecule has 0 saturated carbocycles. The molecule has 33 heavy (non-hydrogen) atoms. The van der Waals surface area contributed by atoms with Gasteiger partial charge < -0.3 is 4.98 Å². The third-order valence-electron chi connectivity index (χ3n) is 6.00. The van der Waals surface area contributed by atoms with E-state index >= 15 is 0 Å². The van der Waals surface area contributed by atoms with Gasteiger partial charge in [-0.15, -0.1) is 0 Å². The second kappa shape index (κ2) is 9.95. The molecule has 0 spiro atoms. The number of piperidine rings is 1. The van der Waals surface area contributed by atoms with Gasteiger partial charge in [0.25, 0.3) is 11.8 Å². The fraction of sp³-hybridized carbons (Fsp3) is 0.250. The van der Waals surface area contributed by atoms with Crippen LogP contribution in [0.15, 0.2) is 48.5 Å². The quantitative estimate of drug-likeness (QED) is 0.223. The monoisotopic (exact) mass is 452 g/mol. The van der Waals surface area contributed by atoms with Crippen LogP contribution in [0.3, 0.4) is 0 Å². The van der Waals surface area contributed by atoms with E-state index in [0.29, 0.717) is 29.9 Å². The van der Waals surface area contributed by atoms with Crippen LogP contribution < -0.4 is 11.0 Å². The number of carbonyl (C=O) groups excluding carboxylic acids is 2. The van der Waals surface area contributed by atoms with Crippen LogP contribution >= 0.6 is 0 Å². The lowest BCUT2D eigenvalue weighted by Crippen LogP contribution is -2.35. The summed E-state index contributed by atoms with van der Waals surface area (Å²) >= 11 is 0. The molecule has 1 atom stereocenters. The highest BCUT2D eigenvalue weighted by molar-refractivity contribution is 6.01. The molecule has 1 unspecified atom stereocenters. The number of hydroxylamine groups is 2. The fourth-order valence-corrected chi connectivity index (χ4v) is 4.50. The van der Waals surface area contributed by atoms with E-state index in [1.54, 1.807) is 17.6 Å². The fourth-order valence-electron chi connectivity index (χ4n) is 4.50. The molecule has 2 amide bonds. The molecule has 5 N–H and O–H groups in total. The topological polar surface area (TPSA) is 118 Å². The lowest BCUT2D eigenvalue weighted by molar-refractivity contribution is -0.124. The molecule has 4 rings (SSSR count). The Balaban J connectivity index is 1.54. The van der Waals surface area contributed by atoms with Crippen molar-refractivity contribution in [3.8, 4) is 0 Å². The second-order valence-electron chi connectivity index (χ2n) is 8.13. The number of nitrogens with zero attached hydrogens (tertiary/aromatic N) is 1. The number of aromatic amines is 1. The molecular formula is C24H25FN4O4. The van der Waals surface area contributed by atoms with Crippen molar-refractivity contribution >= 4 is 28.8 Å². The number of amides is 2. The largest absolute Gasteiger partial charge is 0.350 e. The van der Waals surface area contributed by atoms with Gasteiger partial charge in [0.2, 0.25) is 0 Å². The number of fused-ring (bicyclic) bond motifs is 1. The maximum Gasteiger partial charge on any atom is 0.291 e. The lowest BCUT2D eigenvalue weighted by atomic mass is 9.88. The van der Waals surface area contributed by atoms with E-state index in [1.807, 2.05) is 24.3 Å². The van der Waals surface area contributed by atoms with Crippen molar-refractivity contribution in [2.24, 2.45) is 0 Å². The Hall–Kier alpha value is -3.53. The van der Waals surface area contributed by atoms with Gasteiger partial charge in [-0.05, 0) is 54.6 Å². The van der Waals surface area contributed by atoms with E-state index in [-0.39, 0.29) is 11.7 Å². The zero-order valence-corrected chi connectivity index (χ0v) is 17.8. The maximum atomic E-state index is 14.7. The number of aromatic nitrogens is 1. The predicted molar refractivity (Wildman–Crippen MR) is 120 cm³/mol. The average molecular weight is 452 g/mol. The Kier molecular flexibility index (Phi) is 6.83. The molecule has 0 bridgehead atoms. The number of nitrogens with one attached hydrogen (secondary N) is 3. The first kappa shape index (κ1) is 22.7. The van der Waals surface area contributed by atoms with E-state index in [2.05, 4.69) is 9.88 Å². The number of para-hydroxylation sites is 1. The highest BCUT2D eigenvalue weighted by Crippen LogP contribution is 2.35. The van der Waals surface area contributed by atoms with Gasteiger partial charge in [-0.25, -0.2) is 15.4 Å². The molecule has 1 aliphatic rings. The molecule has 2 heterocycles. The van der Waals surface area contributed by atoms with Crippen LogP contribution in [-0.2, 0) is 11.3 Å². The molecule has 2 aromatic carbocycles. The molecule has 8 nitrogen and oxygen atoms in total. The molecule has 1 saturated heterocycles. The van der Waals surface area contributed by atoms with Crippen LogP contribution in [0.25, 0.3) is 17.0 Å². The lowest BCUT2D eigenvalue weighted by Gasteiger charge is -2.33. The van der Waals surface area contributed by atoms with Gasteiger partial charge in [0.15, 0.2) is 0 Å². The van der Waals surface area contributed by atoms with Crippen molar-refractivity contribution in [1.82, 2.24) is 20.8 Å². The highest BCUT2D eigenvalue weighted by Gasteiger charge is 2.29. The summed E-state index contributed by atoms with van der Waals surface area (Å²) < 4.78 is 14.7. The van der Waals surface area contributed by atoms with Crippen molar-refractivity contribution in [1.29, 1.82) is 0 Å². The van der Waals surface area contributed by atoms with E-state index in [4.69, 9.17) is 5.21 Å². The average Bonchev–Trinajstić information content (AvgIpc) is 3.23. The van der Waals surface area contributed by atoms with E-state index in [0.717, 1.165) is 41.9 Å². The Morgan fingerprint density at radius 3 is 2.76 bits per heavy atom. The summed E-state index contributed by atoms with van der Waals surface area (Å²) in [6.07, 6.45) is 4.30. The maximum absolute atomic E-state index is 14.7. The third-order valence-corrected chi connectivity index (χ3v) is 6.00. The summed E-state index contributed by atoms with van der Waals surface area (Å²) in [7, 11) is 0. The van der Waals surface area contributed by atoms with Gasteiger partial charge in [-0.2, -0.15) is 0 Å². The van der Waals surface area contributed by atoms with Gasteiger partial charge in [-0.3, -0.25) is 24.9 Å². The van der Waals surface area contributed by atoms with Crippen LogP contribution in [-0.4, -0.2) is 45.2 Å². The van der Waals surface area contributed by atoms with Gasteiger partial charge in [0.05, 0.1) is 0 Å². The standard InChI is InChI=1S/C24H25FN4O4/c25-19-12-15(8-10-21(30)27-32)7-9-16(19)13-29-11-3-4-17(14-29)22-18-5-1-2-6-20(18)26-23(22)24(31)28-33/h1-2,5-10,12,17,26,32-33H,3-4,11,13-14H2,(H,27,30)(H,28,31)/b10-8+. The number of hydrogen-bond acceptors (Lipinski definition) is 5. The summed E-state index contributed by atoms with van der Waals surface area (Å²) in [6.45, 7) is 1.86. The van der Waals surface area contributed by atoms with E-state index in [9.17, 15) is 19.2 Å². The molecule has 1 aliphatic heterocycles. The van der Waals surface area contributed by atoms with Crippen molar-refractivity contribution in [3.63, 3.8) is 0 Å². The Morgan fingerprint density at radius 2 is 2.00 bits per heavy atom. The third kappa shape index (κ3) is 4.95. The number of benzene rings is 2. The molecule has 172 valence electrons. The zero-order chi connectivity index (χ0) is 23.4. The molecule has 9 heteroatoms. The van der Waals surface area contributed by atoms with Crippen molar-refractivity contribution in [3.05, 3.63) is 76.7 Å². The number of hydrogen-bond donors (Lipinski definition) is 5. The molecule has 0 radical (unpaired) electrons. The Morgan fingerprint density at radius 1 is 1.18 bits per heavy atom. The minimum absolute atomic E-state index is 0.0458. The SMILES string of the molecule is O=C(/C=C/c1ccc(CN2CCCC(c3c(C(=O)NO)[nH]c4ccccc34)C2)c(F)c1)NO. The number of rotatable bonds is 6. The smallest absolute Gasteiger partial charge is 0.291 e. The van der Waals surface area contributed by atoms with Crippen LogP contribution in [0.2, 0.25) is 0 Å². The van der Waals surface area contributed by atoms with E-state index in [1.165, 1.54) is 17.6 Å². The molecule has 1 fully saturated rings. The van der Waals surface area contributed by atoms with E-state index < -0.39 is 11.8 Å². The van der Waals surface area contributed by atoms with Crippen LogP contribution in [0, 0.1) is 5.82 Å². The van der Waals surface area contributed by atoms with Crippen LogP contribution in [0.1, 0.15) is 45.9 Å². The first-order chi connectivity index (χ1) is 16.0. The minimum atomic E-state index is -0.689. The number of halogens is 1. The Labute approximate surface area is 189 Å². The highest BCUT2D eigenvalue weighted by atomic mass is 19.1. The van der Waals surface area contributed by atoms with Gasteiger partial charge in [0, 0.05) is 35.6 Å².